The summed E-state index contributed by atoms with van der Waals surface area (Å²) in [5, 5.41) is -3.14. The van der Waals surface area contributed by atoms with Crippen molar-refractivity contribution < 1.29 is 13.2 Å². The Morgan fingerprint density at radius 3 is 1.90 bits per heavy atom. The van der Waals surface area contributed by atoms with Crippen LogP contribution in [-0.2, 0) is 0 Å². The highest BCUT2D eigenvalue weighted by Gasteiger charge is 2.49. The first-order chi connectivity index (χ1) is 4.31. The fourth-order valence-corrected chi connectivity index (χ4v) is 0.562. The van der Waals surface area contributed by atoms with Crippen LogP contribution in [0, 0.1) is 0 Å². The Labute approximate surface area is 70.2 Å². The highest BCUT2D eigenvalue weighted by molar-refractivity contribution is 9.10. The average molecular weight is 237 g/mol. The van der Waals surface area contributed by atoms with Crippen LogP contribution in [0.3, 0.4) is 0 Å². The summed E-state index contributed by atoms with van der Waals surface area (Å²) in [5.41, 5.74) is 0. The van der Waals surface area contributed by atoms with Crippen molar-refractivity contribution in [2.45, 2.75) is 16.9 Å². The lowest BCUT2D eigenvalue weighted by Gasteiger charge is -2.18. The van der Waals surface area contributed by atoms with Crippen LogP contribution in [0.2, 0.25) is 0 Å². The van der Waals surface area contributed by atoms with Gasteiger partial charge in [-0.2, -0.15) is 8.78 Å². The standard InChI is InChI=1S/C5H5BrClF3/c1-2-3-4(7,8)5(6,9)10/h2-3H,1H3/b3-2+. The van der Waals surface area contributed by atoms with Gasteiger partial charge in [0.15, 0.2) is 0 Å². The topological polar surface area (TPSA) is 0 Å². The molecule has 0 bridgehead atoms. The van der Waals surface area contributed by atoms with Gasteiger partial charge in [0.2, 0.25) is 0 Å². The molecule has 0 rings (SSSR count). The molecular formula is C5H5BrClF3. The van der Waals surface area contributed by atoms with Crippen molar-refractivity contribution in [3.63, 3.8) is 0 Å². The van der Waals surface area contributed by atoms with Crippen LogP contribution in [0.5, 0.6) is 0 Å². The van der Waals surface area contributed by atoms with Crippen LogP contribution in [0.25, 0.3) is 0 Å². The monoisotopic (exact) mass is 236 g/mol. The van der Waals surface area contributed by atoms with Crippen LogP contribution in [0.4, 0.5) is 13.2 Å². The maximum absolute atomic E-state index is 12.5. The summed E-state index contributed by atoms with van der Waals surface area (Å²) in [6, 6.07) is 0. The molecule has 1 atom stereocenters. The lowest BCUT2D eigenvalue weighted by atomic mass is 10.3. The number of halogens is 5. The Balaban J connectivity index is 4.40. The molecule has 0 saturated carbocycles. The molecule has 0 fully saturated rings. The van der Waals surface area contributed by atoms with E-state index in [1.54, 1.807) is 0 Å². The molecule has 0 aliphatic heterocycles. The lowest BCUT2D eigenvalue weighted by molar-refractivity contribution is 0.0218. The summed E-state index contributed by atoms with van der Waals surface area (Å²) >= 11 is 6.57. The molecule has 0 saturated heterocycles. The van der Waals surface area contributed by atoms with E-state index in [2.05, 4.69) is 0 Å². The third-order valence-electron chi connectivity index (χ3n) is 0.754. The van der Waals surface area contributed by atoms with Gasteiger partial charge in [-0.1, -0.05) is 17.7 Å². The lowest BCUT2D eigenvalue weighted by Crippen LogP contribution is -2.31. The Morgan fingerprint density at radius 2 is 1.80 bits per heavy atom. The number of alkyl halides is 5. The van der Waals surface area contributed by atoms with Gasteiger partial charge in [-0.3, -0.25) is 0 Å². The molecule has 0 aliphatic rings. The summed E-state index contributed by atoms with van der Waals surface area (Å²) in [5.74, 6) is 0. The summed E-state index contributed by atoms with van der Waals surface area (Å²) in [7, 11) is 0. The smallest absolute Gasteiger partial charge is 0.214 e. The zero-order chi connectivity index (χ0) is 8.41. The summed E-state index contributed by atoms with van der Waals surface area (Å²) in [4.78, 5) is -3.73. The molecule has 5 heteroatoms. The van der Waals surface area contributed by atoms with Crippen LogP contribution >= 0.6 is 27.5 Å². The van der Waals surface area contributed by atoms with E-state index in [9.17, 15) is 13.2 Å². The number of allylic oxidation sites excluding steroid dienone is 2. The highest BCUT2D eigenvalue weighted by atomic mass is 79.9. The second-order valence-electron chi connectivity index (χ2n) is 1.62. The van der Waals surface area contributed by atoms with Gasteiger partial charge in [-0.05, 0) is 28.9 Å². The van der Waals surface area contributed by atoms with Crippen molar-refractivity contribution in [1.29, 1.82) is 0 Å². The first-order valence-corrected chi connectivity index (χ1v) is 3.57. The Morgan fingerprint density at radius 1 is 1.40 bits per heavy atom. The van der Waals surface area contributed by atoms with Gasteiger partial charge in [0.1, 0.15) is 0 Å². The summed E-state index contributed by atoms with van der Waals surface area (Å²) in [6.07, 6.45) is 1.69. The molecule has 0 radical (unpaired) electrons. The molecule has 0 spiro atoms. The van der Waals surface area contributed by atoms with Crippen molar-refractivity contribution in [3.05, 3.63) is 12.2 Å². The fourth-order valence-electron chi connectivity index (χ4n) is 0.304. The SMILES string of the molecule is C/C=C/C(F)(Cl)C(F)(F)Br. The van der Waals surface area contributed by atoms with E-state index in [4.69, 9.17) is 11.6 Å². The second kappa shape index (κ2) is 3.13. The third kappa shape index (κ3) is 2.50. The second-order valence-corrected chi connectivity index (χ2v) is 3.17. The molecule has 60 valence electrons. The largest absolute Gasteiger partial charge is 0.352 e. The van der Waals surface area contributed by atoms with E-state index < -0.39 is 9.96 Å². The minimum atomic E-state index is -3.73. The molecule has 1 unspecified atom stereocenters. The van der Waals surface area contributed by atoms with E-state index in [1.807, 2.05) is 15.9 Å². The zero-order valence-electron chi connectivity index (χ0n) is 5.04. The van der Waals surface area contributed by atoms with E-state index in [0.717, 1.165) is 6.08 Å². The minimum absolute atomic E-state index is 0.573. The summed E-state index contributed by atoms with van der Waals surface area (Å²) in [6.45, 7) is 1.40. The fraction of sp³-hybridized carbons (Fsp3) is 0.600. The molecule has 10 heavy (non-hydrogen) atoms. The van der Waals surface area contributed by atoms with Gasteiger partial charge in [-0.15, -0.1) is 0 Å². The minimum Gasteiger partial charge on any atom is -0.214 e. The Hall–Kier alpha value is 0.300. The Bertz CT molecular complexity index is 138. The molecule has 0 nitrogen and oxygen atoms in total. The summed E-state index contributed by atoms with van der Waals surface area (Å²) < 4.78 is 36.6. The average Bonchev–Trinajstić information content (AvgIpc) is 1.61. The van der Waals surface area contributed by atoms with Crippen LogP contribution < -0.4 is 0 Å². The van der Waals surface area contributed by atoms with Crippen LogP contribution in [0.1, 0.15) is 6.92 Å². The Kier molecular flexibility index (Phi) is 3.23. The normalized spacial score (nSPS) is 19.4. The predicted molar refractivity (Wildman–Crippen MR) is 38.4 cm³/mol. The van der Waals surface area contributed by atoms with Gasteiger partial charge < -0.3 is 0 Å². The molecule has 0 N–H and O–H groups in total. The highest BCUT2D eigenvalue weighted by Crippen LogP contribution is 2.42. The van der Waals surface area contributed by atoms with Gasteiger partial charge >= 0.3 is 4.83 Å². The molecule has 0 aromatic carbocycles. The quantitative estimate of drug-likeness (QED) is 0.510. The van der Waals surface area contributed by atoms with Gasteiger partial charge in [0, 0.05) is 0 Å². The molecule has 0 aromatic rings. The van der Waals surface area contributed by atoms with Crippen molar-refractivity contribution >= 4 is 27.5 Å². The van der Waals surface area contributed by atoms with E-state index in [-0.39, 0.29) is 0 Å². The van der Waals surface area contributed by atoms with Crippen molar-refractivity contribution in [3.8, 4) is 0 Å². The maximum Gasteiger partial charge on any atom is 0.352 e. The van der Waals surface area contributed by atoms with Gasteiger partial charge in [0.25, 0.3) is 5.13 Å². The van der Waals surface area contributed by atoms with E-state index >= 15 is 0 Å². The van der Waals surface area contributed by atoms with Crippen molar-refractivity contribution in [1.82, 2.24) is 0 Å². The van der Waals surface area contributed by atoms with E-state index in [1.165, 1.54) is 6.92 Å². The molecular weight excluding hydrogens is 232 g/mol. The van der Waals surface area contributed by atoms with Gasteiger partial charge in [-0.25, -0.2) is 4.39 Å². The maximum atomic E-state index is 12.5. The third-order valence-corrected chi connectivity index (χ3v) is 1.92. The first-order valence-electron chi connectivity index (χ1n) is 2.39. The molecule has 0 aliphatic carbocycles. The van der Waals surface area contributed by atoms with Crippen molar-refractivity contribution in [2.24, 2.45) is 0 Å². The number of hydrogen-bond acceptors (Lipinski definition) is 0. The zero-order valence-corrected chi connectivity index (χ0v) is 7.39. The molecule has 0 amide bonds. The van der Waals surface area contributed by atoms with E-state index in [0.29, 0.717) is 6.08 Å². The number of rotatable bonds is 2. The van der Waals surface area contributed by atoms with Crippen LogP contribution in [-0.4, -0.2) is 9.96 Å². The molecule has 0 heterocycles. The van der Waals surface area contributed by atoms with Crippen molar-refractivity contribution in [2.75, 3.05) is 0 Å². The number of hydrogen-bond donors (Lipinski definition) is 0. The first kappa shape index (κ1) is 10.3. The van der Waals surface area contributed by atoms with Gasteiger partial charge in [0.05, 0.1) is 0 Å². The molecule has 0 aromatic heterocycles. The predicted octanol–water partition coefficient (Wildman–Crippen LogP) is 3.45. The van der Waals surface area contributed by atoms with Crippen LogP contribution in [0.15, 0.2) is 12.2 Å².